The van der Waals surface area contributed by atoms with Crippen molar-refractivity contribution >= 4 is 17.6 Å². The highest BCUT2D eigenvalue weighted by atomic mass is 16.5. The van der Waals surface area contributed by atoms with Crippen LogP contribution in [-0.2, 0) is 4.79 Å². The minimum absolute atomic E-state index is 0.0388. The van der Waals surface area contributed by atoms with Crippen LogP contribution in [0.15, 0.2) is 42.5 Å². The van der Waals surface area contributed by atoms with Crippen molar-refractivity contribution in [2.24, 2.45) is 5.92 Å². The highest BCUT2D eigenvalue weighted by Gasteiger charge is 2.28. The maximum atomic E-state index is 12.7. The van der Waals surface area contributed by atoms with Crippen LogP contribution in [0.4, 0.5) is 0 Å². The molecule has 1 aliphatic heterocycles. The number of likely N-dealkylation sites (tertiary alicyclic amines) is 1. The molecule has 1 fully saturated rings. The molecular weight excluding hydrogens is 380 g/mol. The van der Waals surface area contributed by atoms with Gasteiger partial charge in [0.2, 0.25) is 5.91 Å². The molecule has 2 aromatic rings. The second kappa shape index (κ2) is 9.57. The number of amides is 2. The number of hydrogen-bond donors (Lipinski definition) is 1. The summed E-state index contributed by atoms with van der Waals surface area (Å²) in [5, 5.41) is 2.71. The second-order valence-corrected chi connectivity index (χ2v) is 7.81. The van der Waals surface area contributed by atoms with Crippen LogP contribution in [0.3, 0.4) is 0 Å². The highest BCUT2D eigenvalue weighted by Crippen LogP contribution is 2.23. The third-order valence-electron chi connectivity index (χ3n) is 5.48. The summed E-state index contributed by atoms with van der Waals surface area (Å²) in [5.41, 5.74) is 3.25. The lowest BCUT2D eigenvalue weighted by atomic mass is 9.89. The van der Waals surface area contributed by atoms with E-state index in [2.05, 4.69) is 5.32 Å². The van der Waals surface area contributed by atoms with Gasteiger partial charge in [0.25, 0.3) is 5.91 Å². The van der Waals surface area contributed by atoms with Crippen molar-refractivity contribution in [3.63, 3.8) is 0 Å². The van der Waals surface area contributed by atoms with Gasteiger partial charge in [0, 0.05) is 30.1 Å². The normalized spacial score (nSPS) is 14.3. The summed E-state index contributed by atoms with van der Waals surface area (Å²) in [6, 6.07) is 12.7. The Bertz CT molecular complexity index is 908. The van der Waals surface area contributed by atoms with Gasteiger partial charge in [0.15, 0.2) is 5.78 Å². The number of ether oxygens (including phenoxy) is 1. The number of nitrogens with one attached hydrogen (secondary N) is 1. The van der Waals surface area contributed by atoms with Gasteiger partial charge in [-0.15, -0.1) is 0 Å². The van der Waals surface area contributed by atoms with Crippen molar-refractivity contribution in [3.05, 3.63) is 64.7 Å². The van der Waals surface area contributed by atoms with Crippen molar-refractivity contribution in [1.29, 1.82) is 0 Å². The molecule has 0 spiro atoms. The predicted molar refractivity (Wildman–Crippen MR) is 115 cm³/mol. The van der Waals surface area contributed by atoms with E-state index in [4.69, 9.17) is 4.74 Å². The van der Waals surface area contributed by atoms with Crippen molar-refractivity contribution in [2.45, 2.75) is 26.7 Å². The molecule has 30 heavy (non-hydrogen) atoms. The molecule has 1 heterocycles. The molecule has 6 heteroatoms. The van der Waals surface area contributed by atoms with Gasteiger partial charge in [0.1, 0.15) is 5.75 Å². The molecule has 2 amide bonds. The number of Topliss-reactive ketones (excluding diaryl/α,β-unsaturated/α-hetero) is 1. The SMILES string of the molecule is COc1ccc(C(=O)C2CCN(C(=O)CNC(=O)c3cc(C)cc(C)c3)CC2)cc1. The Morgan fingerprint density at radius 1 is 0.967 bits per heavy atom. The molecule has 0 aliphatic carbocycles. The number of benzene rings is 2. The zero-order valence-electron chi connectivity index (χ0n) is 17.7. The van der Waals surface area contributed by atoms with E-state index in [1.165, 1.54) is 0 Å². The monoisotopic (exact) mass is 408 g/mol. The van der Waals surface area contributed by atoms with Crippen LogP contribution in [0.25, 0.3) is 0 Å². The molecule has 0 radical (unpaired) electrons. The number of carbonyl (C=O) groups excluding carboxylic acids is 3. The van der Waals surface area contributed by atoms with Gasteiger partial charge in [-0.05, 0) is 63.1 Å². The molecule has 1 N–H and O–H groups in total. The number of hydrogen-bond acceptors (Lipinski definition) is 4. The van der Waals surface area contributed by atoms with Gasteiger partial charge in [-0.25, -0.2) is 0 Å². The first-order valence-electron chi connectivity index (χ1n) is 10.2. The van der Waals surface area contributed by atoms with Crippen LogP contribution in [0.5, 0.6) is 5.75 Å². The first-order chi connectivity index (χ1) is 14.4. The molecular formula is C24H28N2O4. The molecule has 0 aromatic heterocycles. The number of aryl methyl sites for hydroxylation is 2. The maximum absolute atomic E-state index is 12.7. The largest absolute Gasteiger partial charge is 0.497 e. The van der Waals surface area contributed by atoms with E-state index in [0.29, 0.717) is 37.1 Å². The van der Waals surface area contributed by atoms with Crippen molar-refractivity contribution < 1.29 is 19.1 Å². The van der Waals surface area contributed by atoms with Gasteiger partial charge >= 0.3 is 0 Å². The van der Waals surface area contributed by atoms with E-state index in [9.17, 15) is 14.4 Å². The number of piperidine rings is 1. The van der Waals surface area contributed by atoms with Gasteiger partial charge in [-0.3, -0.25) is 14.4 Å². The Balaban J connectivity index is 1.48. The van der Waals surface area contributed by atoms with Crippen LogP contribution in [-0.4, -0.2) is 49.2 Å². The summed E-state index contributed by atoms with van der Waals surface area (Å²) in [6.07, 6.45) is 1.25. The van der Waals surface area contributed by atoms with E-state index in [0.717, 1.165) is 16.9 Å². The summed E-state index contributed by atoms with van der Waals surface area (Å²) in [4.78, 5) is 39.3. The molecule has 1 aliphatic rings. The van der Waals surface area contributed by atoms with Crippen LogP contribution in [0.2, 0.25) is 0 Å². The Morgan fingerprint density at radius 2 is 1.57 bits per heavy atom. The average Bonchev–Trinajstić information content (AvgIpc) is 2.76. The molecule has 158 valence electrons. The van der Waals surface area contributed by atoms with Gasteiger partial charge < -0.3 is 15.0 Å². The number of rotatable bonds is 6. The molecule has 3 rings (SSSR count). The molecule has 0 unspecified atom stereocenters. The van der Waals surface area contributed by atoms with Crippen molar-refractivity contribution in [1.82, 2.24) is 10.2 Å². The molecule has 0 bridgehead atoms. The van der Waals surface area contributed by atoms with Gasteiger partial charge in [-0.2, -0.15) is 0 Å². The summed E-state index contributed by atoms with van der Waals surface area (Å²) in [7, 11) is 1.59. The molecule has 0 atom stereocenters. The fourth-order valence-electron chi connectivity index (χ4n) is 3.86. The van der Waals surface area contributed by atoms with Crippen LogP contribution < -0.4 is 10.1 Å². The molecule has 1 saturated heterocycles. The third-order valence-corrected chi connectivity index (χ3v) is 5.48. The van der Waals surface area contributed by atoms with E-state index >= 15 is 0 Å². The Hall–Kier alpha value is -3.15. The average molecular weight is 408 g/mol. The van der Waals surface area contributed by atoms with Gasteiger partial charge in [0.05, 0.1) is 13.7 Å². The van der Waals surface area contributed by atoms with E-state index in [1.807, 2.05) is 32.0 Å². The summed E-state index contributed by atoms with van der Waals surface area (Å²) in [6.45, 7) is 4.87. The standard InChI is InChI=1S/C24H28N2O4/c1-16-12-17(2)14-20(13-16)24(29)25-15-22(27)26-10-8-19(9-11-26)23(28)18-4-6-21(30-3)7-5-18/h4-7,12-14,19H,8-11,15H2,1-3H3,(H,25,29). The molecule has 0 saturated carbocycles. The molecule has 6 nitrogen and oxygen atoms in total. The Labute approximate surface area is 177 Å². The van der Waals surface area contributed by atoms with Crippen LogP contribution in [0.1, 0.15) is 44.7 Å². The fourth-order valence-corrected chi connectivity index (χ4v) is 3.86. The minimum atomic E-state index is -0.250. The van der Waals surface area contributed by atoms with Crippen molar-refractivity contribution in [3.8, 4) is 5.75 Å². The van der Waals surface area contributed by atoms with Crippen molar-refractivity contribution in [2.75, 3.05) is 26.7 Å². The Morgan fingerprint density at radius 3 is 2.13 bits per heavy atom. The lowest BCUT2D eigenvalue weighted by Gasteiger charge is -2.31. The number of ketones is 1. The fraction of sp³-hybridized carbons (Fsp3) is 0.375. The first-order valence-corrected chi connectivity index (χ1v) is 10.2. The first kappa shape index (κ1) is 21.6. The lowest BCUT2D eigenvalue weighted by molar-refractivity contribution is -0.131. The van der Waals surface area contributed by atoms with E-state index in [-0.39, 0.29) is 30.1 Å². The number of nitrogens with zero attached hydrogens (tertiary/aromatic N) is 1. The number of carbonyl (C=O) groups is 3. The predicted octanol–water partition coefficient (Wildman–Crippen LogP) is 3.16. The number of methoxy groups -OCH3 is 1. The second-order valence-electron chi connectivity index (χ2n) is 7.81. The smallest absolute Gasteiger partial charge is 0.251 e. The van der Waals surface area contributed by atoms with E-state index < -0.39 is 0 Å². The zero-order chi connectivity index (χ0) is 21.7. The quantitative estimate of drug-likeness (QED) is 0.745. The topological polar surface area (TPSA) is 75.7 Å². The third kappa shape index (κ3) is 5.26. The summed E-state index contributed by atoms with van der Waals surface area (Å²) < 4.78 is 5.13. The summed E-state index contributed by atoms with van der Waals surface area (Å²) >= 11 is 0. The Kier molecular flexibility index (Phi) is 6.87. The van der Waals surface area contributed by atoms with E-state index in [1.54, 1.807) is 36.3 Å². The zero-order valence-corrected chi connectivity index (χ0v) is 17.7. The van der Waals surface area contributed by atoms with Gasteiger partial charge in [-0.1, -0.05) is 17.2 Å². The highest BCUT2D eigenvalue weighted by molar-refractivity contribution is 5.98. The maximum Gasteiger partial charge on any atom is 0.251 e. The molecule has 2 aromatic carbocycles. The van der Waals surface area contributed by atoms with Crippen LogP contribution in [0, 0.1) is 19.8 Å². The van der Waals surface area contributed by atoms with Crippen LogP contribution >= 0.6 is 0 Å². The summed E-state index contributed by atoms with van der Waals surface area (Å²) in [5.74, 6) is 0.359. The minimum Gasteiger partial charge on any atom is -0.497 e. The lowest BCUT2D eigenvalue weighted by Crippen LogP contribution is -2.45.